The highest BCUT2D eigenvalue weighted by molar-refractivity contribution is 5.87. The first-order valence-electron chi connectivity index (χ1n) is 6.75. The summed E-state index contributed by atoms with van der Waals surface area (Å²) < 4.78 is 0. The van der Waals surface area contributed by atoms with Gasteiger partial charge in [0.1, 0.15) is 6.04 Å². The molecule has 4 heteroatoms. The van der Waals surface area contributed by atoms with Crippen LogP contribution in [0.3, 0.4) is 0 Å². The summed E-state index contributed by atoms with van der Waals surface area (Å²) in [4.78, 5) is 16.3. The zero-order chi connectivity index (χ0) is 13.9. The Bertz CT molecular complexity index is 614. The first-order chi connectivity index (χ1) is 9.74. The van der Waals surface area contributed by atoms with Crippen LogP contribution in [0.5, 0.6) is 0 Å². The Kier molecular flexibility index (Phi) is 3.37. The zero-order valence-corrected chi connectivity index (χ0v) is 11.4. The van der Waals surface area contributed by atoms with Crippen LogP contribution in [0.4, 0.5) is 5.69 Å². The predicted octanol–water partition coefficient (Wildman–Crippen LogP) is 2.04. The normalized spacial score (nSPS) is 16.4. The molecule has 0 fully saturated rings. The molecule has 1 aliphatic rings. The van der Waals surface area contributed by atoms with Gasteiger partial charge in [-0.2, -0.15) is 0 Å². The van der Waals surface area contributed by atoms with Gasteiger partial charge in [0.25, 0.3) is 0 Å². The molecule has 0 bridgehead atoms. The Morgan fingerprint density at radius 1 is 1.40 bits per heavy atom. The van der Waals surface area contributed by atoms with Gasteiger partial charge < -0.3 is 10.6 Å². The molecule has 1 aromatic carbocycles. The van der Waals surface area contributed by atoms with E-state index in [2.05, 4.69) is 21.7 Å². The minimum atomic E-state index is -0.177. The van der Waals surface area contributed by atoms with Crippen molar-refractivity contribution in [2.45, 2.75) is 25.9 Å². The smallest absolute Gasteiger partial charge is 0.243 e. The van der Waals surface area contributed by atoms with Crippen LogP contribution in [0.2, 0.25) is 0 Å². The number of hydrogen-bond donors (Lipinski definition) is 2. The maximum Gasteiger partial charge on any atom is 0.243 e. The van der Waals surface area contributed by atoms with Crippen LogP contribution < -0.4 is 10.6 Å². The molecule has 0 unspecified atom stereocenters. The zero-order valence-electron chi connectivity index (χ0n) is 11.4. The summed E-state index contributed by atoms with van der Waals surface area (Å²) in [5.74, 6) is 0.0319. The molecule has 1 aliphatic heterocycles. The van der Waals surface area contributed by atoms with Crippen molar-refractivity contribution in [2.24, 2.45) is 0 Å². The van der Waals surface area contributed by atoms with Crippen LogP contribution in [0, 0.1) is 6.92 Å². The third-order valence-corrected chi connectivity index (χ3v) is 3.69. The van der Waals surface area contributed by atoms with Crippen LogP contribution in [0.15, 0.2) is 42.7 Å². The second-order valence-electron chi connectivity index (χ2n) is 5.08. The van der Waals surface area contributed by atoms with E-state index in [1.54, 1.807) is 12.4 Å². The van der Waals surface area contributed by atoms with E-state index in [0.717, 1.165) is 23.2 Å². The van der Waals surface area contributed by atoms with Crippen molar-refractivity contribution in [3.8, 4) is 0 Å². The summed E-state index contributed by atoms with van der Waals surface area (Å²) in [5, 5.41) is 6.23. The molecule has 1 atom stereocenters. The molecule has 0 saturated heterocycles. The number of hydrogen-bond acceptors (Lipinski definition) is 3. The van der Waals surface area contributed by atoms with Gasteiger partial charge in [-0.25, -0.2) is 0 Å². The molecule has 0 saturated carbocycles. The number of carbonyl (C=O) groups is 1. The number of pyridine rings is 1. The first-order valence-corrected chi connectivity index (χ1v) is 6.75. The van der Waals surface area contributed by atoms with Gasteiger partial charge in [-0.15, -0.1) is 0 Å². The van der Waals surface area contributed by atoms with Crippen LogP contribution >= 0.6 is 0 Å². The van der Waals surface area contributed by atoms with E-state index in [-0.39, 0.29) is 11.9 Å². The van der Waals surface area contributed by atoms with Crippen molar-refractivity contribution in [3.63, 3.8) is 0 Å². The molecule has 0 radical (unpaired) electrons. The minimum absolute atomic E-state index is 0.0319. The third kappa shape index (κ3) is 2.50. The van der Waals surface area contributed by atoms with Gasteiger partial charge in [0, 0.05) is 31.0 Å². The number of anilines is 1. The van der Waals surface area contributed by atoms with Crippen LogP contribution in [0.1, 0.15) is 16.7 Å². The highest BCUT2D eigenvalue weighted by atomic mass is 16.2. The summed E-state index contributed by atoms with van der Waals surface area (Å²) >= 11 is 0. The average molecular weight is 267 g/mol. The van der Waals surface area contributed by atoms with Gasteiger partial charge in [-0.1, -0.05) is 18.2 Å². The number of benzene rings is 1. The molecule has 20 heavy (non-hydrogen) atoms. The summed E-state index contributed by atoms with van der Waals surface area (Å²) in [6, 6.07) is 9.81. The standard InChI is InChI=1S/C16H17N3O/c1-11-6-7-17-9-13(11)10-18-16(20)15-8-12-4-2-3-5-14(12)19-15/h2-7,9,15,19H,8,10H2,1H3,(H,18,20)/t15-/m0/s1. The summed E-state index contributed by atoms with van der Waals surface area (Å²) in [6.07, 6.45) is 4.30. The van der Waals surface area contributed by atoms with Gasteiger partial charge in [-0.05, 0) is 35.7 Å². The lowest BCUT2D eigenvalue weighted by atomic mass is 10.1. The molecular weight excluding hydrogens is 250 g/mol. The topological polar surface area (TPSA) is 54.0 Å². The summed E-state index contributed by atoms with van der Waals surface area (Å²) in [7, 11) is 0. The number of fused-ring (bicyclic) bond motifs is 1. The molecular formula is C16H17N3O. The number of nitrogens with zero attached hydrogens (tertiary/aromatic N) is 1. The molecule has 1 aromatic heterocycles. The van der Waals surface area contributed by atoms with E-state index < -0.39 is 0 Å². The van der Waals surface area contributed by atoms with Crippen molar-refractivity contribution in [1.82, 2.24) is 10.3 Å². The van der Waals surface area contributed by atoms with Crippen molar-refractivity contribution >= 4 is 11.6 Å². The molecule has 0 spiro atoms. The maximum atomic E-state index is 12.2. The van der Waals surface area contributed by atoms with Crippen molar-refractivity contribution in [2.75, 3.05) is 5.32 Å². The van der Waals surface area contributed by atoms with Gasteiger partial charge in [0.2, 0.25) is 5.91 Å². The van der Waals surface area contributed by atoms with E-state index >= 15 is 0 Å². The van der Waals surface area contributed by atoms with Crippen LogP contribution in [-0.2, 0) is 17.8 Å². The molecule has 1 amide bonds. The third-order valence-electron chi connectivity index (χ3n) is 3.69. The number of carbonyl (C=O) groups excluding carboxylic acids is 1. The molecule has 2 heterocycles. The van der Waals surface area contributed by atoms with E-state index in [0.29, 0.717) is 6.54 Å². The van der Waals surface area contributed by atoms with E-state index in [9.17, 15) is 4.79 Å². The monoisotopic (exact) mass is 267 g/mol. The molecule has 2 aromatic rings. The maximum absolute atomic E-state index is 12.2. The van der Waals surface area contributed by atoms with Gasteiger partial charge in [-0.3, -0.25) is 9.78 Å². The second kappa shape index (κ2) is 5.33. The predicted molar refractivity (Wildman–Crippen MR) is 78.4 cm³/mol. The van der Waals surface area contributed by atoms with Crippen LogP contribution in [0.25, 0.3) is 0 Å². The lowest BCUT2D eigenvalue weighted by Crippen LogP contribution is -2.38. The Morgan fingerprint density at radius 3 is 3.05 bits per heavy atom. The van der Waals surface area contributed by atoms with Crippen molar-refractivity contribution in [1.29, 1.82) is 0 Å². The molecule has 2 N–H and O–H groups in total. The second-order valence-corrected chi connectivity index (χ2v) is 5.08. The summed E-state index contributed by atoms with van der Waals surface area (Å²) in [6.45, 7) is 2.54. The highest BCUT2D eigenvalue weighted by Gasteiger charge is 2.25. The van der Waals surface area contributed by atoms with Crippen molar-refractivity contribution in [3.05, 3.63) is 59.4 Å². The van der Waals surface area contributed by atoms with Crippen LogP contribution in [-0.4, -0.2) is 16.9 Å². The fraction of sp³-hybridized carbons (Fsp3) is 0.250. The SMILES string of the molecule is Cc1ccncc1CNC(=O)[C@@H]1Cc2ccccc2N1. The van der Waals surface area contributed by atoms with Gasteiger partial charge >= 0.3 is 0 Å². The van der Waals surface area contributed by atoms with Gasteiger partial charge in [0.15, 0.2) is 0 Å². The fourth-order valence-corrected chi connectivity index (χ4v) is 2.44. The largest absolute Gasteiger partial charge is 0.373 e. The number of aromatic nitrogens is 1. The molecule has 4 nitrogen and oxygen atoms in total. The number of aryl methyl sites for hydroxylation is 1. The number of amides is 1. The van der Waals surface area contributed by atoms with Gasteiger partial charge in [0.05, 0.1) is 0 Å². The Labute approximate surface area is 118 Å². The number of rotatable bonds is 3. The Hall–Kier alpha value is -2.36. The summed E-state index contributed by atoms with van der Waals surface area (Å²) in [5.41, 5.74) is 4.45. The molecule has 3 rings (SSSR count). The molecule has 102 valence electrons. The quantitative estimate of drug-likeness (QED) is 0.895. The first kappa shape index (κ1) is 12.7. The van der Waals surface area contributed by atoms with E-state index in [4.69, 9.17) is 0 Å². The van der Waals surface area contributed by atoms with Crippen molar-refractivity contribution < 1.29 is 4.79 Å². The van der Waals surface area contributed by atoms with E-state index in [1.165, 1.54) is 5.56 Å². The number of para-hydroxylation sites is 1. The fourth-order valence-electron chi connectivity index (χ4n) is 2.44. The number of nitrogens with one attached hydrogen (secondary N) is 2. The van der Waals surface area contributed by atoms with E-state index in [1.807, 2.05) is 31.2 Å². The lowest BCUT2D eigenvalue weighted by molar-refractivity contribution is -0.121. The Balaban J connectivity index is 1.61. The highest BCUT2D eigenvalue weighted by Crippen LogP contribution is 2.25. The minimum Gasteiger partial charge on any atom is -0.373 e. The molecule has 0 aliphatic carbocycles. The lowest BCUT2D eigenvalue weighted by Gasteiger charge is -2.12. The average Bonchev–Trinajstić information content (AvgIpc) is 2.90. The Morgan fingerprint density at radius 2 is 2.25 bits per heavy atom.